The molecule has 8 heteroatoms. The molecule has 34 heavy (non-hydrogen) atoms. The molecule has 4 rings (SSSR count). The summed E-state index contributed by atoms with van der Waals surface area (Å²) in [6.45, 7) is 2.03. The molecule has 2 aromatic heterocycles. The van der Waals surface area contributed by atoms with E-state index in [9.17, 15) is 4.79 Å². The largest absolute Gasteiger partial charge is 0.356 e. The number of pyridine rings is 1. The summed E-state index contributed by atoms with van der Waals surface area (Å²) < 4.78 is 0. The van der Waals surface area contributed by atoms with Gasteiger partial charge in [-0.05, 0) is 61.9 Å². The van der Waals surface area contributed by atoms with E-state index >= 15 is 0 Å². The lowest BCUT2D eigenvalue weighted by Gasteiger charge is -2.28. The molecule has 2 N–H and O–H groups in total. The Balaban J connectivity index is 1.47. The van der Waals surface area contributed by atoms with Crippen LogP contribution in [0.4, 0.5) is 11.6 Å². The Bertz CT molecular complexity index is 1110. The molecule has 1 aliphatic rings. The summed E-state index contributed by atoms with van der Waals surface area (Å²) in [6, 6.07) is 15.3. The van der Waals surface area contributed by atoms with Crippen LogP contribution in [0.2, 0.25) is 0 Å². The molecule has 1 aromatic carbocycles. The quantitative estimate of drug-likeness (QED) is 0.374. The molecule has 3 heterocycles. The third-order valence-electron chi connectivity index (χ3n) is 5.77. The van der Waals surface area contributed by atoms with Crippen LogP contribution in [-0.2, 0) is 12.8 Å². The number of amides is 1. The molecular formula is C26H31N7O. The molecule has 0 radical (unpaired) electrons. The second-order valence-corrected chi connectivity index (χ2v) is 8.32. The molecule has 0 unspecified atom stereocenters. The van der Waals surface area contributed by atoms with Crippen molar-refractivity contribution in [3.8, 4) is 0 Å². The Morgan fingerprint density at radius 2 is 1.94 bits per heavy atom. The van der Waals surface area contributed by atoms with Crippen LogP contribution in [0.15, 0.2) is 59.8 Å². The van der Waals surface area contributed by atoms with Gasteiger partial charge in [-0.3, -0.25) is 15.2 Å². The molecule has 8 nitrogen and oxygen atoms in total. The molecule has 1 amide bonds. The lowest BCUT2D eigenvalue weighted by molar-refractivity contribution is 0.0963. The molecule has 0 aliphatic carbocycles. The standard InChI is InChI=1S/C26H31N7O/c1-27-26(34)21-10-7-9-20(17-21)19-29-32-24-18-25(33-15-5-2-6-16-33)31-23(30-24)13-8-12-22-11-3-4-14-28-22/h3-4,7,9-11,14,17-19H,2,5-6,8,12-13,15-16H2,1H3,(H,27,34)(H,30,31,32)/b29-19+. The number of aryl methyl sites for hydroxylation is 2. The zero-order valence-corrected chi connectivity index (χ0v) is 19.6. The number of carbonyl (C=O) groups excluding carboxylic acids is 1. The number of rotatable bonds is 9. The van der Waals surface area contributed by atoms with Gasteiger partial charge in [0.1, 0.15) is 11.6 Å². The highest BCUT2D eigenvalue weighted by atomic mass is 16.1. The van der Waals surface area contributed by atoms with Crippen molar-refractivity contribution in [2.24, 2.45) is 5.10 Å². The summed E-state index contributed by atoms with van der Waals surface area (Å²) in [7, 11) is 1.62. The number of carbonyl (C=O) groups is 1. The fraction of sp³-hybridized carbons (Fsp3) is 0.346. The minimum absolute atomic E-state index is 0.125. The van der Waals surface area contributed by atoms with E-state index in [0.29, 0.717) is 11.4 Å². The van der Waals surface area contributed by atoms with Gasteiger partial charge in [0.15, 0.2) is 5.82 Å². The average molecular weight is 458 g/mol. The van der Waals surface area contributed by atoms with Crippen LogP contribution in [0.25, 0.3) is 0 Å². The topological polar surface area (TPSA) is 95.4 Å². The van der Waals surface area contributed by atoms with Crippen molar-refractivity contribution in [2.45, 2.75) is 38.5 Å². The van der Waals surface area contributed by atoms with Gasteiger partial charge in [-0.2, -0.15) is 5.10 Å². The number of hydrogen-bond donors (Lipinski definition) is 2. The van der Waals surface area contributed by atoms with Gasteiger partial charge in [-0.1, -0.05) is 18.2 Å². The first kappa shape index (κ1) is 23.4. The molecule has 1 saturated heterocycles. The Morgan fingerprint density at radius 1 is 1.06 bits per heavy atom. The monoisotopic (exact) mass is 457 g/mol. The number of anilines is 2. The number of hydrogen-bond acceptors (Lipinski definition) is 7. The second kappa shape index (κ2) is 11.9. The number of aromatic nitrogens is 3. The maximum atomic E-state index is 11.9. The van der Waals surface area contributed by atoms with Gasteiger partial charge >= 0.3 is 0 Å². The Labute approximate surface area is 200 Å². The fourth-order valence-electron chi connectivity index (χ4n) is 3.99. The highest BCUT2D eigenvalue weighted by Gasteiger charge is 2.15. The van der Waals surface area contributed by atoms with E-state index in [1.54, 1.807) is 25.4 Å². The molecule has 0 spiro atoms. The van der Waals surface area contributed by atoms with Crippen LogP contribution in [0.5, 0.6) is 0 Å². The highest BCUT2D eigenvalue weighted by molar-refractivity contribution is 5.95. The van der Waals surface area contributed by atoms with Crippen molar-refractivity contribution < 1.29 is 4.79 Å². The summed E-state index contributed by atoms with van der Waals surface area (Å²) >= 11 is 0. The van der Waals surface area contributed by atoms with E-state index in [2.05, 4.69) is 25.7 Å². The van der Waals surface area contributed by atoms with E-state index in [-0.39, 0.29) is 5.91 Å². The molecule has 1 fully saturated rings. The molecule has 0 bridgehead atoms. The molecule has 0 atom stereocenters. The predicted octanol–water partition coefficient (Wildman–Crippen LogP) is 3.84. The zero-order chi connectivity index (χ0) is 23.6. The van der Waals surface area contributed by atoms with E-state index in [0.717, 1.165) is 55.3 Å². The average Bonchev–Trinajstić information content (AvgIpc) is 2.89. The summed E-state index contributed by atoms with van der Waals surface area (Å²) in [6.07, 6.45) is 9.73. The van der Waals surface area contributed by atoms with E-state index in [1.165, 1.54) is 19.3 Å². The summed E-state index contributed by atoms with van der Waals surface area (Å²) in [5.74, 6) is 2.29. The van der Waals surface area contributed by atoms with Crippen molar-refractivity contribution in [1.29, 1.82) is 0 Å². The Hall–Kier alpha value is -3.81. The highest BCUT2D eigenvalue weighted by Crippen LogP contribution is 2.21. The van der Waals surface area contributed by atoms with Crippen LogP contribution in [0, 0.1) is 0 Å². The van der Waals surface area contributed by atoms with E-state index in [4.69, 9.17) is 9.97 Å². The van der Waals surface area contributed by atoms with E-state index < -0.39 is 0 Å². The van der Waals surface area contributed by atoms with Crippen molar-refractivity contribution in [3.63, 3.8) is 0 Å². The number of hydrazone groups is 1. The van der Waals surface area contributed by atoms with Gasteiger partial charge in [0.05, 0.1) is 6.21 Å². The van der Waals surface area contributed by atoms with Crippen LogP contribution in [0.1, 0.15) is 53.1 Å². The van der Waals surface area contributed by atoms with Gasteiger partial charge in [0, 0.05) is 50.1 Å². The van der Waals surface area contributed by atoms with Crippen LogP contribution in [-0.4, -0.2) is 47.2 Å². The number of piperidine rings is 1. The first-order valence-electron chi connectivity index (χ1n) is 11.9. The summed E-state index contributed by atoms with van der Waals surface area (Å²) in [5.41, 5.74) is 5.56. The van der Waals surface area contributed by atoms with Crippen molar-refractivity contribution >= 4 is 23.8 Å². The fourth-order valence-corrected chi connectivity index (χ4v) is 3.99. The minimum Gasteiger partial charge on any atom is -0.356 e. The van der Waals surface area contributed by atoms with Crippen molar-refractivity contribution in [1.82, 2.24) is 20.3 Å². The van der Waals surface area contributed by atoms with E-state index in [1.807, 2.05) is 42.6 Å². The number of nitrogens with one attached hydrogen (secondary N) is 2. The van der Waals surface area contributed by atoms with Crippen molar-refractivity contribution in [3.05, 3.63) is 77.4 Å². The normalized spacial score (nSPS) is 13.7. The molecule has 0 saturated carbocycles. The minimum atomic E-state index is -0.125. The third-order valence-corrected chi connectivity index (χ3v) is 5.77. The summed E-state index contributed by atoms with van der Waals surface area (Å²) in [5, 5.41) is 7.00. The first-order valence-corrected chi connectivity index (χ1v) is 11.9. The summed E-state index contributed by atoms with van der Waals surface area (Å²) in [4.78, 5) is 28.2. The molecule has 3 aromatic rings. The Morgan fingerprint density at radius 3 is 2.74 bits per heavy atom. The lowest BCUT2D eigenvalue weighted by Crippen LogP contribution is -2.30. The van der Waals surface area contributed by atoms with Gasteiger partial charge in [-0.15, -0.1) is 0 Å². The molecule has 1 aliphatic heterocycles. The van der Waals surface area contributed by atoms with Gasteiger partial charge in [-0.25, -0.2) is 9.97 Å². The smallest absolute Gasteiger partial charge is 0.251 e. The van der Waals surface area contributed by atoms with Gasteiger partial charge < -0.3 is 10.2 Å². The van der Waals surface area contributed by atoms with Crippen molar-refractivity contribution in [2.75, 3.05) is 30.5 Å². The number of nitrogens with zero attached hydrogens (tertiary/aromatic N) is 5. The third kappa shape index (κ3) is 6.60. The SMILES string of the molecule is CNC(=O)c1cccc(/C=N/Nc2cc(N3CCCCC3)nc(CCCc3ccccn3)n2)c1. The second-order valence-electron chi connectivity index (χ2n) is 8.32. The first-order chi connectivity index (χ1) is 16.7. The van der Waals surface area contributed by atoms with Crippen LogP contribution in [0.3, 0.4) is 0 Å². The molecular weight excluding hydrogens is 426 g/mol. The van der Waals surface area contributed by atoms with Crippen LogP contribution < -0.4 is 15.6 Å². The maximum absolute atomic E-state index is 11.9. The van der Waals surface area contributed by atoms with Gasteiger partial charge in [0.2, 0.25) is 0 Å². The molecule has 176 valence electrons. The van der Waals surface area contributed by atoms with Crippen LogP contribution >= 0.6 is 0 Å². The Kier molecular flexibility index (Phi) is 8.16. The maximum Gasteiger partial charge on any atom is 0.251 e. The lowest BCUT2D eigenvalue weighted by atomic mass is 10.1. The number of benzene rings is 1. The predicted molar refractivity (Wildman–Crippen MR) is 135 cm³/mol. The zero-order valence-electron chi connectivity index (χ0n) is 19.6. The van der Waals surface area contributed by atoms with Gasteiger partial charge in [0.25, 0.3) is 5.91 Å².